The molecule has 0 radical (unpaired) electrons. The molecule has 5 nitrogen and oxygen atoms in total. The van der Waals surface area contributed by atoms with E-state index in [1.54, 1.807) is 37.3 Å². The molecule has 0 fully saturated rings. The quantitative estimate of drug-likeness (QED) is 0.538. The molecule has 0 aromatic heterocycles. The predicted molar refractivity (Wildman–Crippen MR) is 58.3 cm³/mol. The van der Waals surface area contributed by atoms with Crippen LogP contribution in [-0.2, 0) is 4.89 Å². The first-order valence-corrected chi connectivity index (χ1v) is 4.81. The zero-order valence-corrected chi connectivity index (χ0v) is 9.04. The lowest BCUT2D eigenvalue weighted by Crippen LogP contribution is -2.06. The number of benzene rings is 1. The van der Waals surface area contributed by atoms with Gasteiger partial charge in [0.05, 0.1) is 11.7 Å². The standard InChI is InChI=1S/C7H6O2.C4H10O3/c8-7(9)6-4-2-1-3-5-6;1-4(7-6)2-3-5/h1-5H,(H,8,9);4-6H,2-3H2,1H3. The van der Waals surface area contributed by atoms with Gasteiger partial charge in [-0.3, -0.25) is 5.26 Å². The molecule has 0 heterocycles. The van der Waals surface area contributed by atoms with Crippen LogP contribution in [0.25, 0.3) is 0 Å². The molecule has 0 saturated carbocycles. The second-order valence-electron chi connectivity index (χ2n) is 3.10. The van der Waals surface area contributed by atoms with E-state index in [-0.39, 0.29) is 12.7 Å². The Morgan fingerprint density at radius 3 is 2.19 bits per heavy atom. The van der Waals surface area contributed by atoms with Crippen LogP contribution in [0, 0.1) is 0 Å². The van der Waals surface area contributed by atoms with Crippen LogP contribution in [0.5, 0.6) is 0 Å². The summed E-state index contributed by atoms with van der Waals surface area (Å²) in [7, 11) is 0. The molecular weight excluding hydrogens is 212 g/mol. The molecule has 0 amide bonds. The van der Waals surface area contributed by atoms with Crippen LogP contribution in [0.15, 0.2) is 30.3 Å². The van der Waals surface area contributed by atoms with Crippen molar-refractivity contribution in [2.45, 2.75) is 19.4 Å². The fraction of sp³-hybridized carbons (Fsp3) is 0.364. The highest BCUT2D eigenvalue weighted by Crippen LogP contribution is 1.96. The van der Waals surface area contributed by atoms with Gasteiger partial charge in [0, 0.05) is 6.61 Å². The van der Waals surface area contributed by atoms with E-state index in [1.807, 2.05) is 0 Å². The largest absolute Gasteiger partial charge is 0.478 e. The summed E-state index contributed by atoms with van der Waals surface area (Å²) in [5.41, 5.74) is 0.331. The van der Waals surface area contributed by atoms with Gasteiger partial charge in [-0.25, -0.2) is 9.68 Å². The molecule has 0 spiro atoms. The highest BCUT2D eigenvalue weighted by molar-refractivity contribution is 5.87. The van der Waals surface area contributed by atoms with E-state index >= 15 is 0 Å². The number of carboxylic acids is 1. The zero-order valence-electron chi connectivity index (χ0n) is 9.04. The zero-order chi connectivity index (χ0) is 12.4. The number of hydrogen-bond acceptors (Lipinski definition) is 4. The highest BCUT2D eigenvalue weighted by Gasteiger charge is 1.97. The van der Waals surface area contributed by atoms with E-state index in [4.69, 9.17) is 15.5 Å². The normalized spacial score (nSPS) is 11.2. The second kappa shape index (κ2) is 8.84. The molecule has 3 N–H and O–H groups in total. The summed E-state index contributed by atoms with van der Waals surface area (Å²) < 4.78 is 0. The van der Waals surface area contributed by atoms with Crippen LogP contribution >= 0.6 is 0 Å². The van der Waals surface area contributed by atoms with Crippen LogP contribution in [0.4, 0.5) is 0 Å². The van der Waals surface area contributed by atoms with Crippen molar-refractivity contribution in [2.75, 3.05) is 6.61 Å². The van der Waals surface area contributed by atoms with Gasteiger partial charge in [-0.15, -0.1) is 0 Å². The monoisotopic (exact) mass is 228 g/mol. The first-order chi connectivity index (χ1) is 7.61. The topological polar surface area (TPSA) is 87.0 Å². The number of carboxylic acid groups (broad SMARTS) is 1. The van der Waals surface area contributed by atoms with Crippen LogP contribution in [-0.4, -0.2) is 34.2 Å². The Bertz CT molecular complexity index is 286. The molecule has 1 aromatic rings. The maximum atomic E-state index is 10.2. The lowest BCUT2D eigenvalue weighted by molar-refractivity contribution is -0.276. The van der Waals surface area contributed by atoms with Gasteiger partial charge in [-0.1, -0.05) is 18.2 Å². The van der Waals surface area contributed by atoms with Crippen LogP contribution in [0.2, 0.25) is 0 Å². The molecular formula is C11H16O5. The Balaban J connectivity index is 0.000000293. The number of aliphatic hydroxyl groups excluding tert-OH is 1. The number of hydrogen-bond donors (Lipinski definition) is 3. The minimum atomic E-state index is -0.879. The number of rotatable bonds is 4. The lowest BCUT2D eigenvalue weighted by atomic mass is 10.2. The van der Waals surface area contributed by atoms with E-state index in [0.717, 1.165) is 0 Å². The molecule has 0 saturated heterocycles. The molecule has 1 rings (SSSR count). The van der Waals surface area contributed by atoms with Crippen LogP contribution in [0.3, 0.4) is 0 Å². The van der Waals surface area contributed by atoms with E-state index in [0.29, 0.717) is 12.0 Å². The third kappa shape index (κ3) is 6.94. The van der Waals surface area contributed by atoms with Gasteiger partial charge in [0.25, 0.3) is 0 Å². The number of aromatic carboxylic acids is 1. The minimum Gasteiger partial charge on any atom is -0.478 e. The Morgan fingerprint density at radius 2 is 1.94 bits per heavy atom. The minimum absolute atomic E-state index is 0.0573. The summed E-state index contributed by atoms with van der Waals surface area (Å²) in [4.78, 5) is 14.0. The highest BCUT2D eigenvalue weighted by atomic mass is 17.1. The average molecular weight is 228 g/mol. The molecule has 16 heavy (non-hydrogen) atoms. The third-order valence-corrected chi connectivity index (χ3v) is 1.74. The van der Waals surface area contributed by atoms with E-state index in [1.165, 1.54) is 0 Å². The van der Waals surface area contributed by atoms with Gasteiger partial charge in [0.1, 0.15) is 0 Å². The Labute approximate surface area is 93.8 Å². The maximum Gasteiger partial charge on any atom is 0.335 e. The smallest absolute Gasteiger partial charge is 0.335 e. The van der Waals surface area contributed by atoms with Crippen molar-refractivity contribution < 1.29 is 25.2 Å². The van der Waals surface area contributed by atoms with Crippen LogP contribution < -0.4 is 0 Å². The van der Waals surface area contributed by atoms with Crippen LogP contribution in [0.1, 0.15) is 23.7 Å². The van der Waals surface area contributed by atoms with Crippen molar-refractivity contribution in [3.05, 3.63) is 35.9 Å². The molecule has 0 aliphatic heterocycles. The summed E-state index contributed by atoms with van der Waals surface area (Å²) in [6.45, 7) is 1.73. The van der Waals surface area contributed by atoms with E-state index in [9.17, 15) is 4.79 Å². The summed E-state index contributed by atoms with van der Waals surface area (Å²) >= 11 is 0. The molecule has 1 aromatic carbocycles. The summed E-state index contributed by atoms with van der Waals surface area (Å²) in [5, 5.41) is 24.4. The Kier molecular flexibility index (Phi) is 8.05. The van der Waals surface area contributed by atoms with Crippen molar-refractivity contribution in [3.8, 4) is 0 Å². The van der Waals surface area contributed by atoms with Gasteiger partial charge in [-0.2, -0.15) is 0 Å². The van der Waals surface area contributed by atoms with Gasteiger partial charge < -0.3 is 10.2 Å². The molecule has 1 atom stereocenters. The number of carbonyl (C=O) groups is 1. The average Bonchev–Trinajstić information content (AvgIpc) is 2.31. The fourth-order valence-electron chi connectivity index (χ4n) is 0.815. The first kappa shape index (κ1) is 14.6. The summed E-state index contributed by atoms with van der Waals surface area (Å²) in [6.07, 6.45) is 0.237. The molecule has 0 aliphatic rings. The van der Waals surface area contributed by atoms with Gasteiger partial charge in [0.2, 0.25) is 0 Å². The molecule has 5 heteroatoms. The van der Waals surface area contributed by atoms with E-state index in [2.05, 4.69) is 4.89 Å². The Morgan fingerprint density at radius 1 is 1.38 bits per heavy atom. The SMILES string of the molecule is CC(CCO)OO.O=C(O)c1ccccc1. The fourth-order valence-corrected chi connectivity index (χ4v) is 0.815. The molecule has 1 unspecified atom stereocenters. The van der Waals surface area contributed by atoms with Crippen molar-refractivity contribution >= 4 is 5.97 Å². The lowest BCUT2D eigenvalue weighted by Gasteiger charge is -2.01. The molecule has 0 aliphatic carbocycles. The second-order valence-corrected chi connectivity index (χ2v) is 3.10. The molecule has 90 valence electrons. The number of aliphatic hydroxyl groups is 1. The van der Waals surface area contributed by atoms with Gasteiger partial charge in [-0.05, 0) is 25.5 Å². The van der Waals surface area contributed by atoms with Gasteiger partial charge in [0.15, 0.2) is 0 Å². The first-order valence-electron chi connectivity index (χ1n) is 4.81. The summed E-state index contributed by atoms with van der Waals surface area (Å²) in [5.74, 6) is -0.879. The predicted octanol–water partition coefficient (Wildman–Crippen LogP) is 1.63. The van der Waals surface area contributed by atoms with E-state index < -0.39 is 5.97 Å². The molecule has 0 bridgehead atoms. The van der Waals surface area contributed by atoms with Crippen molar-refractivity contribution in [2.24, 2.45) is 0 Å². The third-order valence-electron chi connectivity index (χ3n) is 1.74. The Hall–Kier alpha value is -1.43. The van der Waals surface area contributed by atoms with Crippen molar-refractivity contribution in [1.82, 2.24) is 0 Å². The van der Waals surface area contributed by atoms with Crippen molar-refractivity contribution in [1.29, 1.82) is 0 Å². The van der Waals surface area contributed by atoms with Gasteiger partial charge >= 0.3 is 5.97 Å². The maximum absolute atomic E-state index is 10.2. The van der Waals surface area contributed by atoms with Crippen molar-refractivity contribution in [3.63, 3.8) is 0 Å². The summed E-state index contributed by atoms with van der Waals surface area (Å²) in [6, 6.07) is 8.30.